The van der Waals surface area contributed by atoms with Crippen LogP contribution < -0.4 is 20.7 Å². The number of halogens is 3. The number of carbonyl (C=O) groups is 3. The molecule has 2 aliphatic rings. The smallest absolute Gasteiger partial charge is 0.339 e. The molecule has 0 aromatic heterocycles. The molecule has 8 nitrogen and oxygen atoms in total. The van der Waals surface area contributed by atoms with Crippen molar-refractivity contribution in [3.05, 3.63) is 87.2 Å². The van der Waals surface area contributed by atoms with E-state index in [9.17, 15) is 19.5 Å². The van der Waals surface area contributed by atoms with Gasteiger partial charge in [-0.05, 0) is 53.3 Å². The van der Waals surface area contributed by atoms with E-state index < -0.39 is 41.1 Å². The Bertz CT molecular complexity index is 1610. The Hall–Kier alpha value is -3.66. The molecule has 1 fully saturated rings. The number of carbonyl (C=O) groups excluding carboxylic acids is 2. The minimum atomic E-state index is -1.40. The fourth-order valence-corrected chi connectivity index (χ4v) is 6.67. The summed E-state index contributed by atoms with van der Waals surface area (Å²) in [5, 5.41) is 18.9. The molecule has 5 rings (SSSR count). The Morgan fingerprint density at radius 3 is 2.52 bits per heavy atom. The zero-order chi connectivity index (χ0) is 30.6. The molecule has 2 heterocycles. The van der Waals surface area contributed by atoms with Gasteiger partial charge < -0.3 is 25.8 Å². The van der Waals surface area contributed by atoms with Gasteiger partial charge in [-0.3, -0.25) is 9.59 Å². The molecule has 2 amide bonds. The highest BCUT2D eigenvalue weighted by Crippen LogP contribution is 2.57. The first-order valence-electron chi connectivity index (χ1n) is 13.3. The van der Waals surface area contributed by atoms with Crippen molar-refractivity contribution in [3.8, 4) is 5.75 Å². The Morgan fingerprint density at radius 1 is 1.12 bits per heavy atom. The van der Waals surface area contributed by atoms with E-state index in [-0.39, 0.29) is 38.9 Å². The summed E-state index contributed by atoms with van der Waals surface area (Å²) in [6.45, 7) is 6.07. The summed E-state index contributed by atoms with van der Waals surface area (Å²) >= 11 is 12.5. The predicted molar refractivity (Wildman–Crippen MR) is 159 cm³/mol. The molecule has 4 atom stereocenters. The van der Waals surface area contributed by atoms with E-state index in [2.05, 4.69) is 16.0 Å². The zero-order valence-corrected chi connectivity index (χ0v) is 24.9. The quantitative estimate of drug-likeness (QED) is 0.262. The summed E-state index contributed by atoms with van der Waals surface area (Å²) in [5.74, 6) is -3.80. The van der Waals surface area contributed by atoms with Crippen LogP contribution >= 0.6 is 23.2 Å². The van der Waals surface area contributed by atoms with Crippen molar-refractivity contribution >= 4 is 52.4 Å². The third-order valence-corrected chi connectivity index (χ3v) is 8.45. The van der Waals surface area contributed by atoms with Gasteiger partial charge in [0.15, 0.2) is 0 Å². The van der Waals surface area contributed by atoms with Crippen molar-refractivity contribution in [1.29, 1.82) is 0 Å². The van der Waals surface area contributed by atoms with Crippen LogP contribution in [0.2, 0.25) is 10.0 Å². The lowest BCUT2D eigenvalue weighted by Crippen LogP contribution is -2.49. The second kappa shape index (κ2) is 10.9. The van der Waals surface area contributed by atoms with Crippen LogP contribution in [0.5, 0.6) is 5.75 Å². The third-order valence-electron chi connectivity index (χ3n) is 7.92. The highest BCUT2D eigenvalue weighted by molar-refractivity contribution is 6.31. The largest absolute Gasteiger partial charge is 0.496 e. The van der Waals surface area contributed by atoms with Crippen LogP contribution in [-0.2, 0) is 15.0 Å². The molecule has 1 spiro atoms. The number of carboxylic acid groups (broad SMARTS) is 1. The van der Waals surface area contributed by atoms with Gasteiger partial charge in [0, 0.05) is 34.4 Å². The van der Waals surface area contributed by atoms with Crippen LogP contribution in [0.15, 0.2) is 54.6 Å². The van der Waals surface area contributed by atoms with Gasteiger partial charge in [0.1, 0.15) is 22.5 Å². The summed E-state index contributed by atoms with van der Waals surface area (Å²) in [7, 11) is 1.33. The molecule has 3 aromatic rings. The molecule has 0 saturated carbocycles. The van der Waals surface area contributed by atoms with Crippen LogP contribution in [0.3, 0.4) is 0 Å². The molecule has 42 heavy (non-hydrogen) atoms. The number of benzene rings is 3. The molecule has 0 aliphatic carbocycles. The Morgan fingerprint density at radius 2 is 1.86 bits per heavy atom. The third kappa shape index (κ3) is 4.99. The van der Waals surface area contributed by atoms with Crippen LogP contribution in [0, 0.1) is 11.2 Å². The molecule has 1 unspecified atom stereocenters. The van der Waals surface area contributed by atoms with E-state index in [1.165, 1.54) is 31.4 Å². The van der Waals surface area contributed by atoms with Gasteiger partial charge in [-0.1, -0.05) is 62.2 Å². The first kappa shape index (κ1) is 29.8. The number of ether oxygens (including phenoxy) is 1. The van der Waals surface area contributed by atoms with Gasteiger partial charge in [0.25, 0.3) is 0 Å². The van der Waals surface area contributed by atoms with Gasteiger partial charge in [0.05, 0.1) is 18.2 Å². The van der Waals surface area contributed by atoms with Crippen molar-refractivity contribution in [2.24, 2.45) is 5.41 Å². The number of carboxylic acids is 1. The Labute approximate surface area is 252 Å². The van der Waals surface area contributed by atoms with Crippen LogP contribution in [0.25, 0.3) is 0 Å². The van der Waals surface area contributed by atoms with Crippen LogP contribution in [0.1, 0.15) is 54.6 Å². The highest BCUT2D eigenvalue weighted by Gasteiger charge is 2.66. The van der Waals surface area contributed by atoms with E-state index in [4.69, 9.17) is 27.9 Å². The SMILES string of the molecule is COc1cc(NC(=O)[C@H]2N[C@H](CC(C)(C)C)C3(C(=O)Nc4cc(Cl)ccc43)[C@@H]2c2cccc(Cl)c2F)ccc1C(=O)O. The molecule has 0 radical (unpaired) electrons. The average molecular weight is 615 g/mol. The fourth-order valence-electron chi connectivity index (χ4n) is 6.32. The lowest BCUT2D eigenvalue weighted by Gasteiger charge is -2.37. The molecule has 1 saturated heterocycles. The molecular weight excluding hydrogens is 584 g/mol. The Balaban J connectivity index is 1.69. The summed E-state index contributed by atoms with van der Waals surface area (Å²) in [4.78, 5) is 39.9. The average Bonchev–Trinajstić information content (AvgIpc) is 3.38. The minimum absolute atomic E-state index is 0.0557. The van der Waals surface area contributed by atoms with Crippen molar-refractivity contribution in [1.82, 2.24) is 5.32 Å². The van der Waals surface area contributed by atoms with E-state index in [0.29, 0.717) is 22.7 Å². The van der Waals surface area contributed by atoms with E-state index in [1.807, 2.05) is 20.8 Å². The summed E-state index contributed by atoms with van der Waals surface area (Å²) in [6.07, 6.45) is 0.464. The zero-order valence-electron chi connectivity index (χ0n) is 23.3. The topological polar surface area (TPSA) is 117 Å². The van der Waals surface area contributed by atoms with Crippen molar-refractivity contribution < 1.29 is 28.6 Å². The maximum Gasteiger partial charge on any atom is 0.339 e. The predicted octanol–water partition coefficient (Wildman–Crippen LogP) is 6.23. The molecular formula is C31H30Cl2FN3O5. The molecule has 11 heteroatoms. The van der Waals surface area contributed by atoms with Crippen molar-refractivity contribution in [2.45, 2.75) is 50.6 Å². The van der Waals surface area contributed by atoms with E-state index in [1.54, 1.807) is 30.3 Å². The van der Waals surface area contributed by atoms with Crippen molar-refractivity contribution in [2.75, 3.05) is 17.7 Å². The minimum Gasteiger partial charge on any atom is -0.496 e. The second-order valence-corrected chi connectivity index (χ2v) is 12.6. The first-order chi connectivity index (χ1) is 19.8. The number of aromatic carboxylic acids is 1. The maximum absolute atomic E-state index is 15.9. The second-order valence-electron chi connectivity index (χ2n) is 11.8. The standard InChI is InChI=1S/C31H30Cl2FN3O5/c1-30(2,3)14-23-31(19-11-8-15(32)12-21(19)36-29(31)41)24(18-6-5-7-20(33)25(18)34)26(37-23)27(38)35-16-9-10-17(28(39)40)22(13-16)42-4/h5-13,23-24,26,37H,14H2,1-4H3,(H,35,38)(H,36,41)(H,39,40)/t23-,24-,26+,31?/m1/s1. The fraction of sp³-hybridized carbons (Fsp3) is 0.323. The number of rotatable bonds is 6. The summed E-state index contributed by atoms with van der Waals surface area (Å²) in [5.41, 5.74) is -0.278. The number of hydrogen-bond acceptors (Lipinski definition) is 5. The number of amides is 2. The van der Waals surface area contributed by atoms with Crippen LogP contribution in [0.4, 0.5) is 15.8 Å². The molecule has 0 bridgehead atoms. The number of hydrogen-bond donors (Lipinski definition) is 4. The lowest BCUT2D eigenvalue weighted by molar-refractivity contribution is -0.122. The number of anilines is 2. The van der Waals surface area contributed by atoms with Gasteiger partial charge in [-0.25, -0.2) is 9.18 Å². The van der Waals surface area contributed by atoms with Crippen LogP contribution in [-0.4, -0.2) is 42.1 Å². The van der Waals surface area contributed by atoms with Gasteiger partial charge >= 0.3 is 5.97 Å². The molecule has 2 aliphatic heterocycles. The van der Waals surface area contributed by atoms with Gasteiger partial charge in [-0.2, -0.15) is 0 Å². The first-order valence-corrected chi connectivity index (χ1v) is 14.1. The normalized spacial score (nSPS) is 23.0. The maximum atomic E-state index is 15.9. The molecule has 220 valence electrons. The number of nitrogens with one attached hydrogen (secondary N) is 3. The summed E-state index contributed by atoms with van der Waals surface area (Å²) in [6, 6.07) is 12.1. The number of fused-ring (bicyclic) bond motifs is 2. The van der Waals surface area contributed by atoms with E-state index >= 15 is 4.39 Å². The van der Waals surface area contributed by atoms with Gasteiger partial charge in [0.2, 0.25) is 11.8 Å². The summed E-state index contributed by atoms with van der Waals surface area (Å²) < 4.78 is 21.1. The lowest BCUT2D eigenvalue weighted by atomic mass is 9.62. The van der Waals surface area contributed by atoms with Crippen molar-refractivity contribution in [3.63, 3.8) is 0 Å². The molecule has 3 aromatic carbocycles. The van der Waals surface area contributed by atoms with E-state index in [0.717, 1.165) is 0 Å². The highest BCUT2D eigenvalue weighted by atomic mass is 35.5. The molecule has 4 N–H and O–H groups in total. The monoisotopic (exact) mass is 613 g/mol. The van der Waals surface area contributed by atoms with Gasteiger partial charge in [-0.15, -0.1) is 0 Å². The Kier molecular flexibility index (Phi) is 7.72. The number of methoxy groups -OCH3 is 1.